The minimum Gasteiger partial charge on any atom is -0.339 e. The molecule has 0 aromatic heterocycles. The second-order valence-corrected chi connectivity index (χ2v) is 7.53. The third kappa shape index (κ3) is 3.66. The number of hydrogen-bond acceptors (Lipinski definition) is 3. The van der Waals surface area contributed by atoms with Crippen molar-refractivity contribution in [2.24, 2.45) is 0 Å². The van der Waals surface area contributed by atoms with Crippen molar-refractivity contribution in [3.63, 3.8) is 0 Å². The van der Waals surface area contributed by atoms with Crippen LogP contribution in [0.15, 0.2) is 0 Å². The summed E-state index contributed by atoms with van der Waals surface area (Å²) in [7, 11) is 0. The Bertz CT molecular complexity index is 307. The maximum atomic E-state index is 12.3. The Hall–Kier alpha value is -0.220. The summed E-state index contributed by atoms with van der Waals surface area (Å²) in [4.78, 5) is 14.4. The lowest BCUT2D eigenvalue weighted by Crippen LogP contribution is -2.49. The van der Waals surface area contributed by atoms with Crippen LogP contribution in [0.1, 0.15) is 52.9 Å². The van der Waals surface area contributed by atoms with E-state index >= 15 is 0 Å². The van der Waals surface area contributed by atoms with E-state index in [1.165, 1.54) is 31.4 Å². The van der Waals surface area contributed by atoms with Gasteiger partial charge < -0.3 is 10.2 Å². The third-order valence-electron chi connectivity index (χ3n) is 4.36. The molecule has 110 valence electrons. The van der Waals surface area contributed by atoms with E-state index in [1.807, 2.05) is 4.90 Å². The van der Waals surface area contributed by atoms with Crippen molar-refractivity contribution in [1.82, 2.24) is 10.2 Å². The summed E-state index contributed by atoms with van der Waals surface area (Å²) in [5.41, 5.74) is 0. The van der Waals surface area contributed by atoms with Gasteiger partial charge in [-0.2, -0.15) is 11.8 Å². The van der Waals surface area contributed by atoms with Crippen molar-refractivity contribution in [3.05, 3.63) is 0 Å². The summed E-state index contributed by atoms with van der Waals surface area (Å²) in [5, 5.41) is 4.38. The number of thioether (sulfide) groups is 1. The van der Waals surface area contributed by atoms with Crippen LogP contribution in [0.25, 0.3) is 0 Å². The molecular weight excluding hydrogens is 256 g/mol. The van der Waals surface area contributed by atoms with Crippen LogP contribution in [-0.4, -0.2) is 46.5 Å². The van der Waals surface area contributed by atoms with Crippen LogP contribution in [0.2, 0.25) is 0 Å². The van der Waals surface area contributed by atoms with Gasteiger partial charge in [-0.1, -0.05) is 19.8 Å². The van der Waals surface area contributed by atoms with Crippen LogP contribution >= 0.6 is 11.8 Å². The number of likely N-dealkylation sites (tertiary alicyclic amines) is 1. The van der Waals surface area contributed by atoms with Gasteiger partial charge >= 0.3 is 0 Å². The lowest BCUT2D eigenvalue weighted by molar-refractivity contribution is -0.131. The van der Waals surface area contributed by atoms with Crippen LogP contribution in [-0.2, 0) is 4.79 Å². The zero-order valence-electron chi connectivity index (χ0n) is 12.5. The van der Waals surface area contributed by atoms with Crippen molar-refractivity contribution >= 4 is 17.7 Å². The molecule has 0 aromatic carbocycles. The standard InChI is InChI=1S/C15H28N2OS/c1-4-19-14-8-6-5-7-12(14)16-13-9-10-17(11(2)3)15(13)18/h11-14,16H,4-10H2,1-3H3/t12-,13-,14+/m0/s1. The molecule has 0 bridgehead atoms. The van der Waals surface area contributed by atoms with E-state index in [1.54, 1.807) is 0 Å². The number of nitrogens with one attached hydrogen (secondary N) is 1. The molecule has 1 heterocycles. The van der Waals surface area contributed by atoms with E-state index in [0.29, 0.717) is 23.2 Å². The maximum Gasteiger partial charge on any atom is 0.240 e. The van der Waals surface area contributed by atoms with E-state index < -0.39 is 0 Å². The molecule has 1 aliphatic heterocycles. The number of amides is 1. The van der Waals surface area contributed by atoms with Crippen LogP contribution in [0.3, 0.4) is 0 Å². The van der Waals surface area contributed by atoms with Crippen LogP contribution in [0.4, 0.5) is 0 Å². The molecule has 0 aromatic rings. The van der Waals surface area contributed by atoms with Crippen molar-refractivity contribution in [2.75, 3.05) is 12.3 Å². The van der Waals surface area contributed by atoms with Crippen LogP contribution in [0.5, 0.6) is 0 Å². The Morgan fingerprint density at radius 3 is 2.68 bits per heavy atom. The molecule has 1 amide bonds. The average molecular weight is 284 g/mol. The van der Waals surface area contributed by atoms with E-state index in [0.717, 1.165) is 13.0 Å². The first-order valence-corrected chi connectivity index (χ1v) is 8.86. The summed E-state index contributed by atoms with van der Waals surface area (Å²) in [6.45, 7) is 7.37. The zero-order chi connectivity index (χ0) is 13.8. The first-order chi connectivity index (χ1) is 9.13. The van der Waals surface area contributed by atoms with Gasteiger partial charge in [0, 0.05) is 23.9 Å². The number of carbonyl (C=O) groups excluding carboxylic acids is 1. The molecule has 0 spiro atoms. The Balaban J connectivity index is 1.91. The Kier molecular flexibility index (Phi) is 5.58. The lowest BCUT2D eigenvalue weighted by Gasteiger charge is -2.33. The normalized spacial score (nSPS) is 32.3. The Morgan fingerprint density at radius 1 is 1.32 bits per heavy atom. The molecular formula is C15H28N2OS. The molecule has 0 unspecified atom stereocenters. The number of rotatable bonds is 5. The highest BCUT2D eigenvalue weighted by Crippen LogP contribution is 2.29. The lowest BCUT2D eigenvalue weighted by atomic mass is 9.94. The minimum absolute atomic E-state index is 0.0745. The molecule has 4 heteroatoms. The maximum absolute atomic E-state index is 12.3. The summed E-state index contributed by atoms with van der Waals surface area (Å²) in [5.74, 6) is 1.50. The summed E-state index contributed by atoms with van der Waals surface area (Å²) < 4.78 is 0. The molecule has 1 saturated heterocycles. The monoisotopic (exact) mass is 284 g/mol. The first-order valence-electron chi connectivity index (χ1n) is 7.81. The largest absolute Gasteiger partial charge is 0.339 e. The molecule has 1 saturated carbocycles. The van der Waals surface area contributed by atoms with Gasteiger partial charge in [-0.15, -0.1) is 0 Å². The smallest absolute Gasteiger partial charge is 0.240 e. The van der Waals surface area contributed by atoms with E-state index in [4.69, 9.17) is 0 Å². The Morgan fingerprint density at radius 2 is 2.05 bits per heavy atom. The molecule has 0 radical (unpaired) electrons. The third-order valence-corrected chi connectivity index (χ3v) is 5.69. The van der Waals surface area contributed by atoms with Gasteiger partial charge in [-0.05, 0) is 38.9 Å². The van der Waals surface area contributed by atoms with Gasteiger partial charge in [0.1, 0.15) is 0 Å². The molecule has 2 rings (SSSR count). The second-order valence-electron chi connectivity index (χ2n) is 6.02. The zero-order valence-corrected chi connectivity index (χ0v) is 13.3. The van der Waals surface area contributed by atoms with E-state index in [-0.39, 0.29) is 6.04 Å². The van der Waals surface area contributed by atoms with Crippen molar-refractivity contribution in [3.8, 4) is 0 Å². The fourth-order valence-electron chi connectivity index (χ4n) is 3.33. The molecule has 19 heavy (non-hydrogen) atoms. The first kappa shape index (κ1) is 15.2. The number of nitrogens with zero attached hydrogens (tertiary/aromatic N) is 1. The van der Waals surface area contributed by atoms with Crippen LogP contribution in [0, 0.1) is 0 Å². The fraction of sp³-hybridized carbons (Fsp3) is 0.933. The van der Waals surface area contributed by atoms with Gasteiger partial charge in [-0.25, -0.2) is 0 Å². The number of hydrogen-bond donors (Lipinski definition) is 1. The molecule has 2 aliphatic rings. The molecule has 3 atom stereocenters. The van der Waals surface area contributed by atoms with Crippen molar-refractivity contribution in [1.29, 1.82) is 0 Å². The fourth-order valence-corrected chi connectivity index (χ4v) is 4.54. The molecule has 1 N–H and O–H groups in total. The molecule has 1 aliphatic carbocycles. The highest BCUT2D eigenvalue weighted by Gasteiger charge is 2.36. The second kappa shape index (κ2) is 6.98. The van der Waals surface area contributed by atoms with Gasteiger partial charge in [-0.3, -0.25) is 4.79 Å². The SMILES string of the molecule is CCS[C@@H]1CCCC[C@@H]1N[C@H]1CCN(C(C)C)C1=O. The minimum atomic E-state index is 0.0745. The summed E-state index contributed by atoms with van der Waals surface area (Å²) >= 11 is 2.06. The van der Waals surface area contributed by atoms with Crippen molar-refractivity contribution in [2.45, 2.75) is 76.3 Å². The topological polar surface area (TPSA) is 32.3 Å². The number of carbonyl (C=O) groups is 1. The summed E-state index contributed by atoms with van der Waals surface area (Å²) in [6, 6.07) is 0.955. The molecule has 3 nitrogen and oxygen atoms in total. The predicted molar refractivity (Wildman–Crippen MR) is 82.6 cm³/mol. The predicted octanol–water partition coefficient (Wildman–Crippen LogP) is 2.65. The van der Waals surface area contributed by atoms with Gasteiger partial charge in [0.2, 0.25) is 5.91 Å². The van der Waals surface area contributed by atoms with E-state index in [9.17, 15) is 4.79 Å². The van der Waals surface area contributed by atoms with Gasteiger partial charge in [0.05, 0.1) is 6.04 Å². The average Bonchev–Trinajstić information content (AvgIpc) is 2.74. The van der Waals surface area contributed by atoms with Gasteiger partial charge in [0.15, 0.2) is 0 Å². The Labute approximate surface area is 121 Å². The van der Waals surface area contributed by atoms with Crippen LogP contribution < -0.4 is 5.32 Å². The quantitative estimate of drug-likeness (QED) is 0.842. The highest BCUT2D eigenvalue weighted by molar-refractivity contribution is 7.99. The van der Waals surface area contributed by atoms with Crippen molar-refractivity contribution < 1.29 is 4.79 Å². The summed E-state index contributed by atoms with van der Waals surface area (Å²) in [6.07, 6.45) is 6.20. The highest BCUT2D eigenvalue weighted by atomic mass is 32.2. The van der Waals surface area contributed by atoms with E-state index in [2.05, 4.69) is 37.8 Å². The molecule has 2 fully saturated rings. The van der Waals surface area contributed by atoms with Gasteiger partial charge in [0.25, 0.3) is 0 Å².